The predicted molar refractivity (Wildman–Crippen MR) is 105 cm³/mol. The number of ketones is 1. The zero-order valence-electron chi connectivity index (χ0n) is 13.6. The minimum Gasteiger partial charge on any atom is -0.488 e. The number of benzene rings is 3. The van der Waals surface area contributed by atoms with E-state index in [0.29, 0.717) is 12.2 Å². The van der Waals surface area contributed by atoms with Gasteiger partial charge in [0, 0.05) is 15.6 Å². The summed E-state index contributed by atoms with van der Waals surface area (Å²) in [7, 11) is 0. The van der Waals surface area contributed by atoms with Crippen LogP contribution in [0, 0.1) is 0 Å². The molecule has 0 fully saturated rings. The molecule has 3 heteroatoms. The number of allylic oxidation sites excluding steroid dienone is 1. The van der Waals surface area contributed by atoms with Gasteiger partial charge in [-0.15, -0.1) is 0 Å². The van der Waals surface area contributed by atoms with E-state index in [9.17, 15) is 4.79 Å². The van der Waals surface area contributed by atoms with Crippen molar-refractivity contribution in [2.45, 2.75) is 6.61 Å². The molecular formula is C22H17BrO2. The average Bonchev–Trinajstić information content (AvgIpc) is 2.66. The quantitative estimate of drug-likeness (QED) is 0.384. The zero-order chi connectivity index (χ0) is 17.5. The molecule has 0 saturated carbocycles. The van der Waals surface area contributed by atoms with Crippen LogP contribution in [0.15, 0.2) is 89.4 Å². The molecule has 0 heterocycles. The first-order chi connectivity index (χ1) is 12.2. The SMILES string of the molecule is O=C(C=Cc1ccccc1OCc1ccccc1)c1ccccc1Br. The lowest BCUT2D eigenvalue weighted by atomic mass is 10.1. The highest BCUT2D eigenvalue weighted by Gasteiger charge is 2.06. The van der Waals surface area contributed by atoms with Crippen molar-refractivity contribution in [1.29, 1.82) is 0 Å². The Balaban J connectivity index is 1.74. The van der Waals surface area contributed by atoms with E-state index in [1.54, 1.807) is 18.2 Å². The molecule has 0 amide bonds. The number of para-hydroxylation sites is 1. The van der Waals surface area contributed by atoms with E-state index in [1.807, 2.05) is 72.8 Å². The van der Waals surface area contributed by atoms with Crippen LogP contribution in [0.3, 0.4) is 0 Å². The molecular weight excluding hydrogens is 376 g/mol. The fourth-order valence-corrected chi connectivity index (χ4v) is 2.88. The summed E-state index contributed by atoms with van der Waals surface area (Å²) in [5.41, 5.74) is 2.62. The van der Waals surface area contributed by atoms with Crippen LogP contribution < -0.4 is 4.74 Å². The molecule has 0 aliphatic heterocycles. The maximum atomic E-state index is 12.4. The molecule has 0 bridgehead atoms. The van der Waals surface area contributed by atoms with Gasteiger partial charge in [-0.1, -0.05) is 76.6 Å². The number of carbonyl (C=O) groups is 1. The molecule has 3 aromatic rings. The maximum absolute atomic E-state index is 12.4. The van der Waals surface area contributed by atoms with Crippen LogP contribution in [0.25, 0.3) is 6.08 Å². The summed E-state index contributed by atoms with van der Waals surface area (Å²) in [6.07, 6.45) is 3.37. The van der Waals surface area contributed by atoms with E-state index in [1.165, 1.54) is 0 Å². The van der Waals surface area contributed by atoms with Crippen LogP contribution in [-0.4, -0.2) is 5.78 Å². The minimum absolute atomic E-state index is 0.0506. The summed E-state index contributed by atoms with van der Waals surface area (Å²) >= 11 is 3.41. The lowest BCUT2D eigenvalue weighted by Gasteiger charge is -2.09. The number of hydrogen-bond acceptors (Lipinski definition) is 2. The molecule has 0 radical (unpaired) electrons. The molecule has 0 aliphatic rings. The van der Waals surface area contributed by atoms with Crippen molar-refractivity contribution in [3.63, 3.8) is 0 Å². The Bertz CT molecular complexity index is 885. The van der Waals surface area contributed by atoms with Gasteiger partial charge in [-0.3, -0.25) is 4.79 Å². The third-order valence-corrected chi connectivity index (χ3v) is 4.40. The monoisotopic (exact) mass is 392 g/mol. The number of carbonyl (C=O) groups excluding carboxylic acids is 1. The molecule has 0 atom stereocenters. The van der Waals surface area contributed by atoms with E-state index >= 15 is 0 Å². The number of hydrogen-bond donors (Lipinski definition) is 0. The van der Waals surface area contributed by atoms with Gasteiger partial charge in [0.05, 0.1) is 0 Å². The van der Waals surface area contributed by atoms with Gasteiger partial charge in [-0.2, -0.15) is 0 Å². The molecule has 124 valence electrons. The molecule has 2 nitrogen and oxygen atoms in total. The Hall–Kier alpha value is -2.65. The van der Waals surface area contributed by atoms with Crippen molar-refractivity contribution in [1.82, 2.24) is 0 Å². The highest BCUT2D eigenvalue weighted by Crippen LogP contribution is 2.22. The average molecular weight is 393 g/mol. The first kappa shape index (κ1) is 17.2. The van der Waals surface area contributed by atoms with E-state index in [4.69, 9.17) is 4.74 Å². The summed E-state index contributed by atoms with van der Waals surface area (Å²) in [6.45, 7) is 0.490. The Labute approximate surface area is 155 Å². The lowest BCUT2D eigenvalue weighted by Crippen LogP contribution is -1.97. The molecule has 0 unspecified atom stereocenters. The Morgan fingerprint density at radius 1 is 0.880 bits per heavy atom. The van der Waals surface area contributed by atoms with Gasteiger partial charge in [0.2, 0.25) is 0 Å². The largest absolute Gasteiger partial charge is 0.488 e. The highest BCUT2D eigenvalue weighted by atomic mass is 79.9. The third kappa shape index (κ3) is 4.68. The van der Waals surface area contributed by atoms with Gasteiger partial charge in [0.1, 0.15) is 12.4 Å². The highest BCUT2D eigenvalue weighted by molar-refractivity contribution is 9.10. The lowest BCUT2D eigenvalue weighted by molar-refractivity contribution is 0.104. The van der Waals surface area contributed by atoms with Crippen LogP contribution in [-0.2, 0) is 6.61 Å². The molecule has 0 aromatic heterocycles. The van der Waals surface area contributed by atoms with Crippen molar-refractivity contribution in [2.24, 2.45) is 0 Å². The standard InChI is InChI=1S/C22H17BrO2/c23-20-12-6-5-11-19(20)21(24)15-14-18-10-4-7-13-22(18)25-16-17-8-2-1-3-9-17/h1-15H,16H2. The summed E-state index contributed by atoms with van der Waals surface area (Å²) < 4.78 is 6.70. The molecule has 25 heavy (non-hydrogen) atoms. The van der Waals surface area contributed by atoms with Gasteiger partial charge < -0.3 is 4.74 Å². The minimum atomic E-state index is -0.0506. The Morgan fingerprint density at radius 3 is 2.36 bits per heavy atom. The number of ether oxygens (including phenoxy) is 1. The van der Waals surface area contributed by atoms with Crippen LogP contribution in [0.2, 0.25) is 0 Å². The fourth-order valence-electron chi connectivity index (χ4n) is 2.40. The van der Waals surface area contributed by atoms with Crippen molar-refractivity contribution >= 4 is 27.8 Å². The summed E-state index contributed by atoms with van der Waals surface area (Å²) in [5, 5.41) is 0. The fraction of sp³-hybridized carbons (Fsp3) is 0.0455. The van der Waals surface area contributed by atoms with E-state index in [-0.39, 0.29) is 5.78 Å². The second kappa shape index (κ2) is 8.45. The van der Waals surface area contributed by atoms with Crippen LogP contribution in [0.5, 0.6) is 5.75 Å². The van der Waals surface area contributed by atoms with E-state index in [0.717, 1.165) is 21.3 Å². The van der Waals surface area contributed by atoms with Crippen LogP contribution >= 0.6 is 15.9 Å². The summed E-state index contributed by atoms with van der Waals surface area (Å²) in [4.78, 5) is 12.4. The van der Waals surface area contributed by atoms with Gasteiger partial charge in [-0.05, 0) is 35.9 Å². The van der Waals surface area contributed by atoms with Crippen LogP contribution in [0.1, 0.15) is 21.5 Å². The number of rotatable bonds is 6. The maximum Gasteiger partial charge on any atom is 0.186 e. The third-order valence-electron chi connectivity index (χ3n) is 3.71. The smallest absolute Gasteiger partial charge is 0.186 e. The molecule has 0 spiro atoms. The van der Waals surface area contributed by atoms with Gasteiger partial charge in [0.25, 0.3) is 0 Å². The first-order valence-electron chi connectivity index (χ1n) is 7.97. The number of halogens is 1. The van der Waals surface area contributed by atoms with Crippen molar-refractivity contribution in [3.8, 4) is 5.75 Å². The second-order valence-electron chi connectivity index (χ2n) is 5.49. The summed E-state index contributed by atoms with van der Waals surface area (Å²) in [6, 6.07) is 25.1. The van der Waals surface area contributed by atoms with Gasteiger partial charge in [-0.25, -0.2) is 0 Å². The normalized spacial score (nSPS) is 10.8. The molecule has 0 N–H and O–H groups in total. The summed E-state index contributed by atoms with van der Waals surface area (Å²) in [5.74, 6) is 0.702. The Kier molecular flexibility index (Phi) is 5.81. The Morgan fingerprint density at radius 2 is 1.56 bits per heavy atom. The van der Waals surface area contributed by atoms with Crippen molar-refractivity contribution in [3.05, 3.63) is 106 Å². The molecule has 3 rings (SSSR count). The van der Waals surface area contributed by atoms with Gasteiger partial charge >= 0.3 is 0 Å². The first-order valence-corrected chi connectivity index (χ1v) is 8.76. The van der Waals surface area contributed by atoms with Crippen LogP contribution in [0.4, 0.5) is 0 Å². The zero-order valence-corrected chi connectivity index (χ0v) is 15.1. The van der Waals surface area contributed by atoms with Gasteiger partial charge in [0.15, 0.2) is 5.78 Å². The second-order valence-corrected chi connectivity index (χ2v) is 6.34. The molecule has 0 saturated heterocycles. The topological polar surface area (TPSA) is 26.3 Å². The predicted octanol–water partition coefficient (Wildman–Crippen LogP) is 5.92. The van der Waals surface area contributed by atoms with E-state index in [2.05, 4.69) is 15.9 Å². The molecule has 3 aromatic carbocycles. The van der Waals surface area contributed by atoms with Crippen molar-refractivity contribution < 1.29 is 9.53 Å². The van der Waals surface area contributed by atoms with Crippen molar-refractivity contribution in [2.75, 3.05) is 0 Å². The van der Waals surface area contributed by atoms with E-state index < -0.39 is 0 Å². The molecule has 0 aliphatic carbocycles.